The maximum atomic E-state index is 11.4. The van der Waals surface area contributed by atoms with Gasteiger partial charge in [-0.15, -0.1) is 11.3 Å². The van der Waals surface area contributed by atoms with Gasteiger partial charge in [0.25, 0.3) is 0 Å². The van der Waals surface area contributed by atoms with Gasteiger partial charge in [-0.3, -0.25) is 4.79 Å². The van der Waals surface area contributed by atoms with E-state index in [0.29, 0.717) is 0 Å². The van der Waals surface area contributed by atoms with Gasteiger partial charge in [-0.25, -0.2) is 5.43 Å². The van der Waals surface area contributed by atoms with Gasteiger partial charge in [0.05, 0.1) is 12.5 Å². The van der Waals surface area contributed by atoms with E-state index in [9.17, 15) is 4.79 Å². The average molecular weight is 313 g/mol. The molecule has 1 amide bonds. The Morgan fingerprint density at radius 3 is 3.06 bits per heavy atom. The Labute approximate surface area is 110 Å². The number of thiophene rings is 1. The molecule has 0 bridgehead atoms. The van der Waals surface area contributed by atoms with Gasteiger partial charge in [0.1, 0.15) is 0 Å². The molecule has 2 aromatic heterocycles. The van der Waals surface area contributed by atoms with Crippen molar-refractivity contribution in [1.82, 2.24) is 5.43 Å². The molecule has 0 aliphatic rings. The number of furan rings is 1. The van der Waals surface area contributed by atoms with Gasteiger partial charge in [-0.2, -0.15) is 5.10 Å². The van der Waals surface area contributed by atoms with E-state index in [1.54, 1.807) is 29.7 Å². The van der Waals surface area contributed by atoms with Crippen LogP contribution in [0.2, 0.25) is 0 Å². The Morgan fingerprint density at radius 2 is 2.47 bits per heavy atom. The summed E-state index contributed by atoms with van der Waals surface area (Å²) in [5.41, 5.74) is 2.39. The number of carbonyl (C=O) groups is 1. The van der Waals surface area contributed by atoms with Gasteiger partial charge in [0, 0.05) is 14.2 Å². The standard InChI is InChI=1S/C11H9BrN2O2S/c1-7-9(12)5-8(17-7)6-13-14-11(15)10-3-2-4-16-10/h2-6H,1H3,(H,14,15). The van der Waals surface area contributed by atoms with Crippen LogP contribution >= 0.6 is 27.3 Å². The van der Waals surface area contributed by atoms with Crippen LogP contribution in [0.1, 0.15) is 20.3 Å². The second-order valence-electron chi connectivity index (χ2n) is 3.23. The van der Waals surface area contributed by atoms with Crippen molar-refractivity contribution in [1.29, 1.82) is 0 Å². The third-order valence-electron chi connectivity index (χ3n) is 1.98. The minimum atomic E-state index is -0.362. The summed E-state index contributed by atoms with van der Waals surface area (Å²) in [7, 11) is 0. The number of nitrogens with zero attached hydrogens (tertiary/aromatic N) is 1. The summed E-state index contributed by atoms with van der Waals surface area (Å²) in [4.78, 5) is 13.6. The van der Waals surface area contributed by atoms with E-state index in [-0.39, 0.29) is 11.7 Å². The Kier molecular flexibility index (Phi) is 3.75. The molecule has 17 heavy (non-hydrogen) atoms. The fraction of sp³-hybridized carbons (Fsp3) is 0.0909. The lowest BCUT2D eigenvalue weighted by molar-refractivity contribution is 0.0927. The molecule has 0 aliphatic carbocycles. The van der Waals surface area contributed by atoms with Crippen LogP contribution < -0.4 is 5.43 Å². The summed E-state index contributed by atoms with van der Waals surface area (Å²) in [5.74, 6) is -0.121. The fourth-order valence-electron chi connectivity index (χ4n) is 1.16. The number of nitrogens with one attached hydrogen (secondary N) is 1. The van der Waals surface area contributed by atoms with E-state index in [0.717, 1.165) is 9.35 Å². The highest BCUT2D eigenvalue weighted by atomic mass is 79.9. The van der Waals surface area contributed by atoms with Crippen molar-refractivity contribution in [3.8, 4) is 0 Å². The lowest BCUT2D eigenvalue weighted by atomic mass is 10.4. The van der Waals surface area contributed by atoms with Gasteiger partial charge in [-0.05, 0) is 41.1 Å². The Hall–Kier alpha value is -1.40. The van der Waals surface area contributed by atoms with E-state index in [1.165, 1.54) is 11.1 Å². The molecule has 88 valence electrons. The van der Waals surface area contributed by atoms with Crippen molar-refractivity contribution in [2.75, 3.05) is 0 Å². The molecule has 0 spiro atoms. The normalized spacial score (nSPS) is 10.9. The number of rotatable bonds is 3. The van der Waals surface area contributed by atoms with Gasteiger partial charge in [-0.1, -0.05) is 0 Å². The predicted molar refractivity (Wildman–Crippen MR) is 70.5 cm³/mol. The molecule has 0 aromatic carbocycles. The van der Waals surface area contributed by atoms with Crippen molar-refractivity contribution in [2.24, 2.45) is 5.10 Å². The smallest absolute Gasteiger partial charge is 0.307 e. The van der Waals surface area contributed by atoms with Crippen LogP contribution in [-0.2, 0) is 0 Å². The monoisotopic (exact) mass is 312 g/mol. The van der Waals surface area contributed by atoms with Crippen LogP contribution in [0.4, 0.5) is 0 Å². The molecule has 4 nitrogen and oxygen atoms in total. The number of amides is 1. The van der Waals surface area contributed by atoms with Crippen LogP contribution in [-0.4, -0.2) is 12.1 Å². The van der Waals surface area contributed by atoms with Crippen molar-refractivity contribution >= 4 is 39.4 Å². The largest absolute Gasteiger partial charge is 0.459 e. The first kappa shape index (κ1) is 12.1. The van der Waals surface area contributed by atoms with E-state index in [4.69, 9.17) is 4.42 Å². The fourth-order valence-corrected chi connectivity index (χ4v) is 2.60. The van der Waals surface area contributed by atoms with Gasteiger partial charge < -0.3 is 4.42 Å². The summed E-state index contributed by atoms with van der Waals surface area (Å²) in [6, 6.07) is 5.18. The maximum absolute atomic E-state index is 11.4. The summed E-state index contributed by atoms with van der Waals surface area (Å²) >= 11 is 5.01. The SMILES string of the molecule is Cc1sc(C=NNC(=O)c2ccco2)cc1Br. The summed E-state index contributed by atoms with van der Waals surface area (Å²) in [6.07, 6.45) is 3.04. The highest BCUT2D eigenvalue weighted by molar-refractivity contribution is 9.10. The van der Waals surface area contributed by atoms with Crippen molar-refractivity contribution in [3.63, 3.8) is 0 Å². The lowest BCUT2D eigenvalue weighted by Gasteiger charge is -1.93. The summed E-state index contributed by atoms with van der Waals surface area (Å²) < 4.78 is 5.97. The number of hydrogen-bond acceptors (Lipinski definition) is 4. The minimum absolute atomic E-state index is 0.241. The Bertz CT molecular complexity index is 526. The second-order valence-corrected chi connectivity index (χ2v) is 5.37. The Balaban J connectivity index is 1.96. The predicted octanol–water partition coefficient (Wildman–Crippen LogP) is 3.18. The highest BCUT2D eigenvalue weighted by Crippen LogP contribution is 2.24. The van der Waals surface area contributed by atoms with E-state index < -0.39 is 0 Å². The van der Waals surface area contributed by atoms with Crippen LogP contribution in [0.15, 0.2) is 38.5 Å². The molecule has 2 heterocycles. The molecular formula is C11H9BrN2O2S. The zero-order valence-corrected chi connectivity index (χ0v) is 11.3. The van der Waals surface area contributed by atoms with Crippen LogP contribution in [0, 0.1) is 6.92 Å². The minimum Gasteiger partial charge on any atom is -0.459 e. The molecule has 2 rings (SSSR count). The Morgan fingerprint density at radius 1 is 1.65 bits per heavy atom. The van der Waals surface area contributed by atoms with Crippen molar-refractivity contribution in [2.45, 2.75) is 6.92 Å². The van der Waals surface area contributed by atoms with E-state index >= 15 is 0 Å². The first-order valence-electron chi connectivity index (χ1n) is 4.79. The lowest BCUT2D eigenvalue weighted by Crippen LogP contribution is -2.16. The number of carbonyl (C=O) groups excluding carboxylic acids is 1. The van der Waals surface area contributed by atoms with Crippen LogP contribution in [0.5, 0.6) is 0 Å². The van der Waals surface area contributed by atoms with Gasteiger partial charge in [0.15, 0.2) is 5.76 Å². The highest BCUT2D eigenvalue weighted by Gasteiger charge is 2.06. The van der Waals surface area contributed by atoms with Crippen LogP contribution in [0.25, 0.3) is 0 Å². The second kappa shape index (κ2) is 5.29. The molecule has 0 radical (unpaired) electrons. The molecule has 6 heteroatoms. The molecule has 0 aliphatic heterocycles. The zero-order valence-electron chi connectivity index (χ0n) is 8.94. The van der Waals surface area contributed by atoms with Crippen LogP contribution in [0.3, 0.4) is 0 Å². The third kappa shape index (κ3) is 3.04. The molecule has 0 saturated carbocycles. The average Bonchev–Trinajstić information content (AvgIpc) is 2.90. The van der Waals surface area contributed by atoms with Crippen molar-refractivity contribution in [3.05, 3.63) is 44.4 Å². The van der Waals surface area contributed by atoms with E-state index in [1.807, 2.05) is 13.0 Å². The molecule has 0 unspecified atom stereocenters. The third-order valence-corrected chi connectivity index (χ3v) is 4.05. The molecule has 2 aromatic rings. The number of aryl methyl sites for hydroxylation is 1. The number of halogens is 1. The number of hydrazone groups is 1. The number of hydrogen-bond donors (Lipinski definition) is 1. The van der Waals surface area contributed by atoms with Gasteiger partial charge >= 0.3 is 5.91 Å². The van der Waals surface area contributed by atoms with Gasteiger partial charge in [0.2, 0.25) is 0 Å². The molecule has 0 fully saturated rings. The zero-order chi connectivity index (χ0) is 12.3. The molecule has 1 N–H and O–H groups in total. The van der Waals surface area contributed by atoms with E-state index in [2.05, 4.69) is 26.5 Å². The topological polar surface area (TPSA) is 54.6 Å². The molecule has 0 saturated heterocycles. The maximum Gasteiger partial charge on any atom is 0.307 e. The summed E-state index contributed by atoms with van der Waals surface area (Å²) in [6.45, 7) is 2.01. The quantitative estimate of drug-likeness (QED) is 0.699. The summed E-state index contributed by atoms with van der Waals surface area (Å²) in [5, 5.41) is 3.86. The first-order chi connectivity index (χ1) is 8.16. The van der Waals surface area contributed by atoms with Crippen molar-refractivity contribution < 1.29 is 9.21 Å². The molecule has 0 atom stereocenters. The molecular weight excluding hydrogens is 304 g/mol. The first-order valence-corrected chi connectivity index (χ1v) is 6.40.